The van der Waals surface area contributed by atoms with Crippen LogP contribution in [0.2, 0.25) is 5.02 Å². The molecule has 2 amide bonds. The van der Waals surface area contributed by atoms with Crippen LogP contribution in [0.1, 0.15) is 9.67 Å². The first-order chi connectivity index (χ1) is 14.6. The van der Waals surface area contributed by atoms with E-state index in [4.69, 9.17) is 16.3 Å². The van der Waals surface area contributed by atoms with Gasteiger partial charge in [-0.3, -0.25) is 9.59 Å². The van der Waals surface area contributed by atoms with Crippen LogP contribution in [0.25, 0.3) is 10.1 Å². The standard InChI is InChI=1S/C23H17ClN2O3S/c24-21-18-11-4-5-12-19(18)30-22(21)23(28)26-16-8-6-7-15(13-16)25-20(27)14-29-17-9-2-1-3-10-17/h1-13H,14H2,(H,25,27)(H,26,28). The number of rotatable bonds is 6. The number of halogens is 1. The van der Waals surface area contributed by atoms with Crippen LogP contribution in [0.15, 0.2) is 78.9 Å². The molecule has 0 radical (unpaired) electrons. The molecule has 150 valence electrons. The first kappa shape index (κ1) is 19.9. The summed E-state index contributed by atoms with van der Waals surface area (Å²) in [5, 5.41) is 6.89. The zero-order valence-electron chi connectivity index (χ0n) is 15.7. The van der Waals surface area contributed by atoms with Crippen LogP contribution < -0.4 is 15.4 Å². The first-order valence-electron chi connectivity index (χ1n) is 9.16. The lowest BCUT2D eigenvalue weighted by Gasteiger charge is -2.09. The zero-order chi connectivity index (χ0) is 20.9. The van der Waals surface area contributed by atoms with Crippen molar-refractivity contribution >= 4 is 56.2 Å². The maximum atomic E-state index is 12.7. The van der Waals surface area contributed by atoms with E-state index in [-0.39, 0.29) is 18.4 Å². The molecule has 0 fully saturated rings. The second kappa shape index (κ2) is 8.98. The van der Waals surface area contributed by atoms with E-state index in [9.17, 15) is 9.59 Å². The minimum absolute atomic E-state index is 0.113. The fraction of sp³-hybridized carbons (Fsp3) is 0.0435. The Labute approximate surface area is 182 Å². The maximum Gasteiger partial charge on any atom is 0.267 e. The Kier molecular flexibility index (Phi) is 5.97. The van der Waals surface area contributed by atoms with E-state index < -0.39 is 0 Å². The Balaban J connectivity index is 1.40. The third kappa shape index (κ3) is 4.62. The maximum absolute atomic E-state index is 12.7. The Morgan fingerprint density at radius 2 is 1.57 bits per heavy atom. The third-order valence-corrected chi connectivity index (χ3v) is 5.93. The number of hydrogen-bond donors (Lipinski definition) is 2. The summed E-state index contributed by atoms with van der Waals surface area (Å²) in [4.78, 5) is 25.3. The molecule has 0 saturated heterocycles. The number of carbonyl (C=O) groups excluding carboxylic acids is 2. The van der Waals surface area contributed by atoms with Gasteiger partial charge in [-0.25, -0.2) is 0 Å². The SMILES string of the molecule is O=C(COc1ccccc1)Nc1cccc(NC(=O)c2sc3ccccc3c2Cl)c1. The van der Waals surface area contributed by atoms with Gasteiger partial charge in [-0.1, -0.05) is 54.1 Å². The highest BCUT2D eigenvalue weighted by Crippen LogP contribution is 2.35. The van der Waals surface area contributed by atoms with Crippen molar-refractivity contribution in [1.29, 1.82) is 0 Å². The summed E-state index contributed by atoms with van der Waals surface area (Å²) in [6.45, 7) is -0.113. The minimum atomic E-state index is -0.296. The molecule has 7 heteroatoms. The number of ether oxygens (including phenoxy) is 1. The number of anilines is 2. The molecule has 0 aliphatic carbocycles. The average molecular weight is 437 g/mol. The van der Waals surface area contributed by atoms with E-state index in [2.05, 4.69) is 10.6 Å². The molecule has 2 N–H and O–H groups in total. The molecule has 0 bridgehead atoms. The lowest BCUT2D eigenvalue weighted by molar-refractivity contribution is -0.118. The van der Waals surface area contributed by atoms with Gasteiger partial charge in [0.05, 0.1) is 5.02 Å². The smallest absolute Gasteiger partial charge is 0.267 e. The highest BCUT2D eigenvalue weighted by atomic mass is 35.5. The van der Waals surface area contributed by atoms with E-state index in [1.165, 1.54) is 11.3 Å². The van der Waals surface area contributed by atoms with Gasteiger partial charge in [0.2, 0.25) is 0 Å². The molecule has 3 aromatic carbocycles. The number of nitrogens with one attached hydrogen (secondary N) is 2. The summed E-state index contributed by atoms with van der Waals surface area (Å²) in [6, 6.07) is 23.6. The summed E-state index contributed by atoms with van der Waals surface area (Å²) in [5.74, 6) is 0.0286. The van der Waals surface area contributed by atoms with Crippen molar-refractivity contribution in [3.8, 4) is 5.75 Å². The number of hydrogen-bond acceptors (Lipinski definition) is 4. The molecule has 4 rings (SSSR count). The van der Waals surface area contributed by atoms with Crippen LogP contribution in [-0.2, 0) is 4.79 Å². The topological polar surface area (TPSA) is 67.4 Å². The molecular formula is C23H17ClN2O3S. The van der Waals surface area contributed by atoms with Gasteiger partial charge in [-0.2, -0.15) is 0 Å². The van der Waals surface area contributed by atoms with Crippen molar-refractivity contribution in [3.05, 3.63) is 88.8 Å². The van der Waals surface area contributed by atoms with E-state index in [0.29, 0.717) is 27.0 Å². The van der Waals surface area contributed by atoms with Crippen LogP contribution in [0, 0.1) is 0 Å². The second-order valence-electron chi connectivity index (χ2n) is 6.43. The second-order valence-corrected chi connectivity index (χ2v) is 7.86. The molecule has 1 heterocycles. The van der Waals surface area contributed by atoms with Crippen molar-refractivity contribution < 1.29 is 14.3 Å². The minimum Gasteiger partial charge on any atom is -0.484 e. The Morgan fingerprint density at radius 1 is 0.867 bits per heavy atom. The van der Waals surface area contributed by atoms with Crippen LogP contribution in [0.5, 0.6) is 5.75 Å². The highest BCUT2D eigenvalue weighted by Gasteiger charge is 2.17. The predicted molar refractivity (Wildman–Crippen MR) is 122 cm³/mol. The molecule has 0 atom stereocenters. The van der Waals surface area contributed by atoms with Crippen LogP contribution in [0.4, 0.5) is 11.4 Å². The van der Waals surface area contributed by atoms with E-state index in [1.807, 2.05) is 42.5 Å². The van der Waals surface area contributed by atoms with E-state index >= 15 is 0 Å². The quantitative estimate of drug-likeness (QED) is 0.400. The van der Waals surface area contributed by atoms with Crippen LogP contribution in [-0.4, -0.2) is 18.4 Å². The van der Waals surface area contributed by atoms with Gasteiger partial charge in [0, 0.05) is 21.5 Å². The van der Waals surface area contributed by atoms with Gasteiger partial charge in [0.25, 0.3) is 11.8 Å². The Bertz CT molecular complexity index is 1210. The molecule has 5 nitrogen and oxygen atoms in total. The number of para-hydroxylation sites is 1. The van der Waals surface area contributed by atoms with Gasteiger partial charge >= 0.3 is 0 Å². The summed E-state index contributed by atoms with van der Waals surface area (Å²) >= 11 is 7.72. The fourth-order valence-electron chi connectivity index (χ4n) is 2.89. The first-order valence-corrected chi connectivity index (χ1v) is 10.4. The number of carbonyl (C=O) groups is 2. The van der Waals surface area contributed by atoms with E-state index in [0.717, 1.165) is 10.1 Å². The van der Waals surface area contributed by atoms with Crippen molar-refractivity contribution in [2.75, 3.05) is 17.2 Å². The molecule has 1 aromatic heterocycles. The zero-order valence-corrected chi connectivity index (χ0v) is 17.3. The molecule has 0 saturated carbocycles. The Hall–Kier alpha value is -3.35. The monoisotopic (exact) mass is 436 g/mol. The molecule has 30 heavy (non-hydrogen) atoms. The fourth-order valence-corrected chi connectivity index (χ4v) is 4.30. The number of thiophene rings is 1. The summed E-state index contributed by atoms with van der Waals surface area (Å²) in [7, 11) is 0. The van der Waals surface area contributed by atoms with Crippen molar-refractivity contribution in [1.82, 2.24) is 0 Å². The van der Waals surface area contributed by atoms with Crippen molar-refractivity contribution in [2.24, 2.45) is 0 Å². The van der Waals surface area contributed by atoms with Gasteiger partial charge in [0.1, 0.15) is 10.6 Å². The van der Waals surface area contributed by atoms with Gasteiger partial charge in [0.15, 0.2) is 6.61 Å². The summed E-state index contributed by atoms with van der Waals surface area (Å²) < 4.78 is 6.39. The van der Waals surface area contributed by atoms with Gasteiger partial charge in [-0.15, -0.1) is 11.3 Å². The number of amides is 2. The average Bonchev–Trinajstić information content (AvgIpc) is 3.10. The van der Waals surface area contributed by atoms with Crippen molar-refractivity contribution in [2.45, 2.75) is 0 Å². The highest BCUT2D eigenvalue weighted by molar-refractivity contribution is 7.21. The van der Waals surface area contributed by atoms with Gasteiger partial charge < -0.3 is 15.4 Å². The molecule has 0 aliphatic rings. The largest absolute Gasteiger partial charge is 0.484 e. The molecule has 0 spiro atoms. The lowest BCUT2D eigenvalue weighted by Crippen LogP contribution is -2.20. The lowest BCUT2D eigenvalue weighted by atomic mass is 10.2. The molecule has 0 unspecified atom stereocenters. The molecular weight excluding hydrogens is 420 g/mol. The van der Waals surface area contributed by atoms with Crippen LogP contribution >= 0.6 is 22.9 Å². The number of benzene rings is 3. The predicted octanol–water partition coefficient (Wildman–Crippen LogP) is 5.82. The Morgan fingerprint density at radius 3 is 2.33 bits per heavy atom. The van der Waals surface area contributed by atoms with Gasteiger partial charge in [-0.05, 0) is 36.4 Å². The van der Waals surface area contributed by atoms with Crippen LogP contribution in [0.3, 0.4) is 0 Å². The molecule has 0 aliphatic heterocycles. The van der Waals surface area contributed by atoms with Crippen molar-refractivity contribution in [3.63, 3.8) is 0 Å². The third-order valence-electron chi connectivity index (χ3n) is 4.26. The summed E-state index contributed by atoms with van der Waals surface area (Å²) in [6.07, 6.45) is 0. The van der Waals surface area contributed by atoms with E-state index in [1.54, 1.807) is 36.4 Å². The molecule has 4 aromatic rings. The summed E-state index contributed by atoms with van der Waals surface area (Å²) in [5.41, 5.74) is 1.10. The normalized spacial score (nSPS) is 10.6. The number of fused-ring (bicyclic) bond motifs is 1.